The topological polar surface area (TPSA) is 30.7 Å². The van der Waals surface area contributed by atoms with E-state index in [2.05, 4.69) is 166 Å². The maximum Gasteiger partial charge on any atom is 0.160 e. The Balaban J connectivity index is 1.28. The molecule has 0 amide bonds. The molecule has 0 bridgehead atoms. The lowest BCUT2D eigenvalue weighted by molar-refractivity contribution is 0.636. The summed E-state index contributed by atoms with van der Waals surface area (Å²) in [6.07, 6.45) is 0. The Bertz CT molecular complexity index is 2660. The Morgan fingerprint density at radius 1 is 0.490 bits per heavy atom. The van der Waals surface area contributed by atoms with Crippen molar-refractivity contribution in [2.75, 3.05) is 0 Å². The smallest absolute Gasteiger partial charge is 0.160 e. The van der Waals surface area contributed by atoms with Gasteiger partial charge in [0.05, 0.1) is 22.4 Å². The Hall–Kier alpha value is -5.80. The molecule has 0 saturated carbocycles. The van der Waals surface area contributed by atoms with Crippen LogP contribution in [0.15, 0.2) is 140 Å². The summed E-state index contributed by atoms with van der Waals surface area (Å²) in [6, 6.07) is 50.6. The molecule has 234 valence electrons. The number of nitrogens with zero attached hydrogens (tertiary/aromatic N) is 3. The van der Waals surface area contributed by atoms with Crippen LogP contribution in [-0.4, -0.2) is 14.5 Å². The van der Waals surface area contributed by atoms with E-state index in [0.717, 1.165) is 39.6 Å². The van der Waals surface area contributed by atoms with Crippen molar-refractivity contribution in [1.29, 1.82) is 0 Å². The van der Waals surface area contributed by atoms with E-state index in [1.54, 1.807) is 0 Å². The van der Waals surface area contributed by atoms with Gasteiger partial charge in [-0.25, -0.2) is 9.97 Å². The molecular formula is C46H35N3. The van der Waals surface area contributed by atoms with Gasteiger partial charge >= 0.3 is 0 Å². The molecule has 3 heteroatoms. The number of fused-ring (bicyclic) bond motifs is 10. The molecule has 3 nitrogen and oxygen atoms in total. The molecule has 2 aromatic heterocycles. The fourth-order valence-corrected chi connectivity index (χ4v) is 8.77. The Kier molecular flexibility index (Phi) is 5.69. The first-order valence-corrected chi connectivity index (χ1v) is 17.2. The summed E-state index contributed by atoms with van der Waals surface area (Å²) in [4.78, 5) is 10.7. The third-order valence-electron chi connectivity index (χ3n) is 11.2. The maximum atomic E-state index is 5.38. The van der Waals surface area contributed by atoms with E-state index in [0.29, 0.717) is 0 Å². The Morgan fingerprint density at radius 2 is 1.14 bits per heavy atom. The lowest BCUT2D eigenvalue weighted by atomic mass is 9.82. The molecular weight excluding hydrogens is 595 g/mol. The summed E-state index contributed by atoms with van der Waals surface area (Å²) in [5.41, 5.74) is 16.5. The van der Waals surface area contributed by atoms with E-state index >= 15 is 0 Å². The second kappa shape index (κ2) is 9.87. The molecule has 0 N–H and O–H groups in total. The SMILES string of the molecule is CC1(C)c2ccccc2-c2c1ccc1c3ccccc3n(-c3cccc(-c4nc(-c5ccccc5)nc5c4-c4ccccc4C5(C)C)c3)c21. The van der Waals surface area contributed by atoms with E-state index in [1.807, 2.05) is 6.07 Å². The van der Waals surface area contributed by atoms with Crippen LogP contribution >= 0.6 is 0 Å². The number of rotatable bonds is 3. The standard InChI is InChI=1S/C46H35N3/c1-45(2)35-22-11-8-20-33(35)39-37(45)26-25-32-31-19-10-13-24-38(31)49(42(32)39)30-18-14-17-29(27-30)41-40-34-21-9-12-23-36(34)46(3,4)43(40)48-44(47-41)28-15-6-5-7-16-28/h5-27H,1-4H3. The molecule has 0 saturated heterocycles. The van der Waals surface area contributed by atoms with E-state index in [-0.39, 0.29) is 10.8 Å². The van der Waals surface area contributed by atoms with Gasteiger partial charge in [0.1, 0.15) is 0 Å². The first kappa shape index (κ1) is 28.2. The van der Waals surface area contributed by atoms with Gasteiger partial charge in [-0.2, -0.15) is 0 Å². The lowest BCUT2D eigenvalue weighted by Crippen LogP contribution is -2.17. The highest BCUT2D eigenvalue weighted by atomic mass is 15.0. The zero-order valence-corrected chi connectivity index (χ0v) is 28.1. The van der Waals surface area contributed by atoms with Crippen LogP contribution in [-0.2, 0) is 10.8 Å². The minimum absolute atomic E-state index is 0.0845. The van der Waals surface area contributed by atoms with E-state index in [9.17, 15) is 0 Å². The third kappa shape index (κ3) is 3.79. The highest BCUT2D eigenvalue weighted by molar-refractivity contribution is 6.15. The summed E-state index contributed by atoms with van der Waals surface area (Å²) in [6.45, 7) is 9.29. The largest absolute Gasteiger partial charge is 0.309 e. The van der Waals surface area contributed by atoms with E-state index < -0.39 is 0 Å². The molecule has 0 unspecified atom stereocenters. The predicted octanol–water partition coefficient (Wildman–Crippen LogP) is 11.5. The first-order valence-electron chi connectivity index (χ1n) is 17.2. The highest BCUT2D eigenvalue weighted by Crippen LogP contribution is 2.54. The van der Waals surface area contributed by atoms with Crippen LogP contribution in [0.1, 0.15) is 50.1 Å². The van der Waals surface area contributed by atoms with Crippen LogP contribution in [0.4, 0.5) is 0 Å². The number of benzene rings is 6. The average Bonchev–Trinajstić information content (AvgIpc) is 3.69. The molecule has 0 aliphatic heterocycles. The number of aromatic nitrogens is 3. The van der Waals surface area contributed by atoms with Crippen LogP contribution in [0.3, 0.4) is 0 Å². The van der Waals surface area contributed by atoms with Gasteiger partial charge < -0.3 is 4.57 Å². The third-order valence-corrected chi connectivity index (χ3v) is 11.2. The molecule has 49 heavy (non-hydrogen) atoms. The molecule has 10 rings (SSSR count). The minimum Gasteiger partial charge on any atom is -0.309 e. The van der Waals surface area contributed by atoms with Gasteiger partial charge in [0.15, 0.2) is 5.82 Å². The average molecular weight is 630 g/mol. The summed E-state index contributed by atoms with van der Waals surface area (Å²) < 4.78 is 2.49. The molecule has 2 heterocycles. The fraction of sp³-hybridized carbons (Fsp3) is 0.130. The molecule has 6 aromatic carbocycles. The fourth-order valence-electron chi connectivity index (χ4n) is 8.77. The van der Waals surface area contributed by atoms with Crippen LogP contribution < -0.4 is 0 Å². The van der Waals surface area contributed by atoms with Crippen molar-refractivity contribution < 1.29 is 0 Å². The van der Waals surface area contributed by atoms with Gasteiger partial charge in [0, 0.05) is 49.5 Å². The van der Waals surface area contributed by atoms with Crippen molar-refractivity contribution >= 4 is 21.8 Å². The van der Waals surface area contributed by atoms with Gasteiger partial charge in [0.2, 0.25) is 0 Å². The lowest BCUT2D eigenvalue weighted by Gasteiger charge is -2.21. The van der Waals surface area contributed by atoms with Gasteiger partial charge in [0.25, 0.3) is 0 Å². The summed E-state index contributed by atoms with van der Waals surface area (Å²) in [5, 5.41) is 2.54. The molecule has 0 radical (unpaired) electrons. The molecule has 0 spiro atoms. The zero-order valence-electron chi connectivity index (χ0n) is 28.1. The summed E-state index contributed by atoms with van der Waals surface area (Å²) in [5.74, 6) is 0.758. The Morgan fingerprint density at radius 3 is 1.94 bits per heavy atom. The van der Waals surface area contributed by atoms with Crippen molar-refractivity contribution in [1.82, 2.24) is 14.5 Å². The second-order valence-electron chi connectivity index (χ2n) is 14.6. The van der Waals surface area contributed by atoms with Crippen LogP contribution in [0.25, 0.3) is 72.4 Å². The van der Waals surface area contributed by atoms with Crippen LogP contribution in [0.2, 0.25) is 0 Å². The number of hydrogen-bond donors (Lipinski definition) is 0. The van der Waals surface area contributed by atoms with Crippen LogP contribution in [0.5, 0.6) is 0 Å². The Labute approximate surface area is 286 Å². The summed E-state index contributed by atoms with van der Waals surface area (Å²) >= 11 is 0. The number of hydrogen-bond acceptors (Lipinski definition) is 2. The normalized spacial score (nSPS) is 14.9. The van der Waals surface area contributed by atoms with Crippen molar-refractivity contribution in [3.05, 3.63) is 162 Å². The van der Waals surface area contributed by atoms with Crippen molar-refractivity contribution in [3.8, 4) is 50.6 Å². The molecule has 0 atom stereocenters. The van der Waals surface area contributed by atoms with Gasteiger partial charge in [-0.1, -0.05) is 149 Å². The van der Waals surface area contributed by atoms with E-state index in [4.69, 9.17) is 9.97 Å². The number of para-hydroxylation sites is 1. The molecule has 8 aromatic rings. The molecule has 2 aliphatic rings. The van der Waals surface area contributed by atoms with Crippen molar-refractivity contribution in [2.45, 2.75) is 38.5 Å². The first-order chi connectivity index (χ1) is 23.8. The zero-order chi connectivity index (χ0) is 33.1. The predicted molar refractivity (Wildman–Crippen MR) is 202 cm³/mol. The van der Waals surface area contributed by atoms with E-state index in [1.165, 1.54) is 55.2 Å². The van der Waals surface area contributed by atoms with Crippen LogP contribution in [0, 0.1) is 0 Å². The maximum absolute atomic E-state index is 5.38. The molecule has 2 aliphatic carbocycles. The van der Waals surface area contributed by atoms with Crippen molar-refractivity contribution in [3.63, 3.8) is 0 Å². The summed E-state index contributed by atoms with van der Waals surface area (Å²) in [7, 11) is 0. The van der Waals surface area contributed by atoms with Gasteiger partial charge in [-0.15, -0.1) is 0 Å². The second-order valence-corrected chi connectivity index (χ2v) is 14.6. The van der Waals surface area contributed by atoms with Crippen molar-refractivity contribution in [2.24, 2.45) is 0 Å². The van der Waals surface area contributed by atoms with Gasteiger partial charge in [-0.05, 0) is 46.0 Å². The quantitative estimate of drug-likeness (QED) is 0.195. The monoisotopic (exact) mass is 629 g/mol. The highest BCUT2D eigenvalue weighted by Gasteiger charge is 2.40. The minimum atomic E-state index is -0.252. The van der Waals surface area contributed by atoms with Gasteiger partial charge in [-0.3, -0.25) is 0 Å². The molecule has 0 fully saturated rings.